The molecule has 1 aromatic carbocycles. The van der Waals surface area contributed by atoms with Gasteiger partial charge in [0, 0.05) is 0 Å². The van der Waals surface area contributed by atoms with Crippen molar-refractivity contribution in [3.05, 3.63) is 41.6 Å². The van der Waals surface area contributed by atoms with E-state index in [-0.39, 0.29) is 10.8 Å². The second-order valence-electron chi connectivity index (χ2n) is 10.0. The van der Waals surface area contributed by atoms with Crippen LogP contribution in [0.4, 0.5) is 0 Å². The fourth-order valence-corrected chi connectivity index (χ4v) is 3.84. The zero-order valence-electron chi connectivity index (χ0n) is 18.7. The Kier molecular flexibility index (Phi) is 8.01. The van der Waals surface area contributed by atoms with Gasteiger partial charge in [-0.05, 0) is 48.6 Å². The van der Waals surface area contributed by atoms with Gasteiger partial charge in [0.25, 0.3) is 0 Å². The molecule has 146 valence electrons. The van der Waals surface area contributed by atoms with E-state index in [9.17, 15) is 0 Å². The number of hydrogen-bond donors (Lipinski definition) is 0. The Balaban J connectivity index is 0.00000176. The Hall–Kier alpha value is -0.570. The minimum atomic E-state index is -1.72. The molecule has 2 rings (SSSR count). The van der Waals surface area contributed by atoms with Gasteiger partial charge >= 0.3 is 27.0 Å². The summed E-state index contributed by atoms with van der Waals surface area (Å²) in [5.74, 6) is 1.10. The van der Waals surface area contributed by atoms with Crippen LogP contribution in [0.1, 0.15) is 52.7 Å². The summed E-state index contributed by atoms with van der Waals surface area (Å²) in [4.78, 5) is 0. The topological polar surface area (TPSA) is 14.2 Å². The van der Waals surface area contributed by atoms with E-state index in [4.69, 9.17) is 14.1 Å². The summed E-state index contributed by atoms with van der Waals surface area (Å²) in [7, 11) is 5.09. The quantitative estimate of drug-likeness (QED) is 0.358. The average Bonchev–Trinajstić information content (AvgIpc) is 2.92. The first kappa shape index (κ1) is 24.5. The summed E-state index contributed by atoms with van der Waals surface area (Å²) in [6.07, 6.45) is 3.23. The number of nitrogens with zero attached hydrogens (tertiary/aromatic N) is 1. The molecule has 0 saturated carbocycles. The molecule has 0 atom stereocenters. The van der Waals surface area contributed by atoms with E-state index in [1.807, 2.05) is 6.07 Å². The summed E-state index contributed by atoms with van der Waals surface area (Å²) in [5, 5.41) is 0. The van der Waals surface area contributed by atoms with Gasteiger partial charge in [0.2, 0.25) is 8.32 Å². The molecule has 2 aromatic rings. The van der Waals surface area contributed by atoms with Crippen molar-refractivity contribution in [3.63, 3.8) is 0 Å². The molecule has 0 radical (unpaired) electrons. The van der Waals surface area contributed by atoms with Crippen molar-refractivity contribution in [2.24, 2.45) is 7.05 Å². The second-order valence-corrected chi connectivity index (χ2v) is 14.5. The molecule has 0 aliphatic heterocycles. The van der Waals surface area contributed by atoms with Crippen molar-refractivity contribution in [3.8, 4) is 17.0 Å². The van der Waals surface area contributed by atoms with E-state index in [1.54, 1.807) is 0 Å². The number of benzene rings is 1. The van der Waals surface area contributed by atoms with Gasteiger partial charge < -0.3 is 8.99 Å². The molecule has 1 aromatic heterocycles. The maximum absolute atomic E-state index is 6.64. The predicted octanol–water partition coefficient (Wildman–Crippen LogP) is 6.99. The van der Waals surface area contributed by atoms with Gasteiger partial charge in [-0.1, -0.05) is 59.2 Å². The first-order valence-electron chi connectivity index (χ1n) is 9.39. The van der Waals surface area contributed by atoms with E-state index in [1.165, 1.54) is 22.4 Å². The van der Waals surface area contributed by atoms with Crippen LogP contribution in [0.25, 0.3) is 11.3 Å². The first-order chi connectivity index (χ1) is 12.2. The maximum atomic E-state index is 6.64. The number of aromatic nitrogens is 1. The first-order valence-corrected chi connectivity index (χ1v) is 16.7. The van der Waals surface area contributed by atoms with Gasteiger partial charge in [-0.2, -0.15) is 12.1 Å². The summed E-state index contributed by atoms with van der Waals surface area (Å²) in [6.45, 7) is 20.4. The molecule has 27 heavy (non-hydrogen) atoms. The van der Waals surface area contributed by atoms with Crippen molar-refractivity contribution in [1.82, 2.24) is 4.57 Å². The van der Waals surface area contributed by atoms with Crippen LogP contribution in [-0.2, 0) is 35.2 Å². The van der Waals surface area contributed by atoms with Gasteiger partial charge in [-0.25, -0.2) is 0 Å². The van der Waals surface area contributed by atoms with Crippen molar-refractivity contribution in [2.75, 3.05) is 0 Å². The minimum absolute atomic E-state index is 0.0138. The third-order valence-corrected chi connectivity index (χ3v) is 5.10. The van der Waals surface area contributed by atoms with Crippen LogP contribution in [0, 0.1) is 6.20 Å². The standard InChI is InChI=1S/C22H34NOSi.ClH.Zn/c1-21(2,3)17-14-16(19-12-11-13-23(19)7)15-18(22(4,5)6)20(17)24-25(8,9)10;;/h11-12,14-15H,1-10H3;1H;/q-1;;+2/p-1. The van der Waals surface area contributed by atoms with Crippen LogP contribution >= 0.6 is 9.69 Å². The molecule has 0 amide bonds. The van der Waals surface area contributed by atoms with Crippen molar-refractivity contribution < 1.29 is 21.7 Å². The Morgan fingerprint density at radius 1 is 0.963 bits per heavy atom. The predicted molar refractivity (Wildman–Crippen MR) is 117 cm³/mol. The molecule has 1 heterocycles. The molecular formula is C22H34ClNOSiZn. The molecule has 0 fully saturated rings. The molecular weight excluding hydrogens is 423 g/mol. The summed E-state index contributed by atoms with van der Waals surface area (Å²) in [5.41, 5.74) is 5.04. The number of rotatable bonds is 3. The summed E-state index contributed by atoms with van der Waals surface area (Å²) >= 11 is 0.847. The summed E-state index contributed by atoms with van der Waals surface area (Å²) < 4.78 is 8.71. The Bertz CT molecular complexity index is 729. The summed E-state index contributed by atoms with van der Waals surface area (Å²) in [6, 6.07) is 8.74. The van der Waals surface area contributed by atoms with Crippen molar-refractivity contribution in [2.45, 2.75) is 72.0 Å². The monoisotopic (exact) mass is 455 g/mol. The van der Waals surface area contributed by atoms with E-state index < -0.39 is 8.32 Å². The average molecular weight is 457 g/mol. The molecule has 0 unspecified atom stereocenters. The third-order valence-electron chi connectivity index (χ3n) is 4.28. The van der Waals surface area contributed by atoms with Crippen molar-refractivity contribution in [1.29, 1.82) is 0 Å². The van der Waals surface area contributed by atoms with Gasteiger partial charge in [0.05, 0.1) is 0 Å². The Morgan fingerprint density at radius 3 is 1.70 bits per heavy atom. The van der Waals surface area contributed by atoms with Crippen LogP contribution in [0.3, 0.4) is 0 Å². The molecule has 2 nitrogen and oxygen atoms in total. The number of halogens is 1. The zero-order chi connectivity index (χ0) is 21.2. The van der Waals surface area contributed by atoms with Gasteiger partial charge in [0.1, 0.15) is 5.75 Å². The second kappa shape index (κ2) is 8.84. The molecule has 0 N–H and O–H groups in total. The van der Waals surface area contributed by atoms with Gasteiger partial charge in [-0.15, -0.1) is 11.9 Å². The fourth-order valence-electron chi connectivity index (χ4n) is 3.01. The third kappa shape index (κ3) is 6.48. The Morgan fingerprint density at radius 2 is 1.41 bits per heavy atom. The zero-order valence-corrected chi connectivity index (χ0v) is 23.5. The van der Waals surface area contributed by atoms with Gasteiger partial charge in [0.15, 0.2) is 0 Å². The van der Waals surface area contributed by atoms with E-state index in [2.05, 4.69) is 97.2 Å². The SMILES string of the molecule is Cn1[c-]ccc1-c1cc(C(C)(C)C)c(O[Si](C)(C)C)c(C(C)(C)C)c1.[Cl][Zn+]. The van der Waals surface area contributed by atoms with Crippen LogP contribution in [0.5, 0.6) is 5.75 Å². The molecule has 0 saturated heterocycles. The molecule has 0 spiro atoms. The van der Waals surface area contributed by atoms with E-state index in [0.29, 0.717) is 0 Å². The van der Waals surface area contributed by atoms with Crippen LogP contribution in [-0.4, -0.2) is 12.9 Å². The van der Waals surface area contributed by atoms with Crippen molar-refractivity contribution >= 4 is 18.0 Å². The van der Waals surface area contributed by atoms with Crippen LogP contribution < -0.4 is 4.43 Å². The molecule has 5 heteroatoms. The van der Waals surface area contributed by atoms with Gasteiger partial charge in [-0.3, -0.25) is 0 Å². The van der Waals surface area contributed by atoms with E-state index >= 15 is 0 Å². The molecule has 0 aliphatic carbocycles. The van der Waals surface area contributed by atoms with E-state index in [0.717, 1.165) is 23.1 Å². The molecule has 0 aliphatic rings. The number of aryl methyl sites for hydroxylation is 1. The fraction of sp³-hybridized carbons (Fsp3) is 0.545. The van der Waals surface area contributed by atoms with Crippen LogP contribution in [0.15, 0.2) is 24.3 Å². The Labute approximate surface area is 181 Å². The normalized spacial score (nSPS) is 12.5. The molecule has 0 bridgehead atoms. The number of hydrogen-bond acceptors (Lipinski definition) is 1. The van der Waals surface area contributed by atoms with Crippen LogP contribution in [0.2, 0.25) is 19.6 Å².